The zero-order valence-electron chi connectivity index (χ0n) is 10.3. The molecule has 1 aromatic rings. The van der Waals surface area contributed by atoms with Crippen molar-refractivity contribution in [3.05, 3.63) is 32.8 Å². The van der Waals surface area contributed by atoms with Crippen LogP contribution in [-0.2, 0) is 0 Å². The molecule has 0 heterocycles. The molecule has 1 rings (SSSR count). The number of rotatable bonds is 5. The highest BCUT2D eigenvalue weighted by Gasteiger charge is 2.21. The Morgan fingerprint density at radius 1 is 1.56 bits per heavy atom. The number of nitrogens with zero attached hydrogens (tertiary/aromatic N) is 3. The van der Waals surface area contributed by atoms with Gasteiger partial charge in [0.05, 0.1) is 17.4 Å². The number of hydrogen-bond donors (Lipinski definition) is 0. The molecule has 0 saturated carbocycles. The zero-order chi connectivity index (χ0) is 13.7. The summed E-state index contributed by atoms with van der Waals surface area (Å²) in [4.78, 5) is 12.5. The smallest absolute Gasteiger partial charge is 0.293 e. The van der Waals surface area contributed by atoms with E-state index in [1.54, 1.807) is 12.1 Å². The Labute approximate surface area is 114 Å². The Morgan fingerprint density at radius 2 is 2.22 bits per heavy atom. The van der Waals surface area contributed by atoms with E-state index >= 15 is 0 Å². The summed E-state index contributed by atoms with van der Waals surface area (Å²) in [5.74, 6) is 0. The van der Waals surface area contributed by atoms with Crippen molar-refractivity contribution in [2.45, 2.75) is 26.3 Å². The van der Waals surface area contributed by atoms with Crippen LogP contribution in [0.3, 0.4) is 0 Å². The van der Waals surface area contributed by atoms with Gasteiger partial charge in [-0.25, -0.2) is 0 Å². The summed E-state index contributed by atoms with van der Waals surface area (Å²) in [6, 6.07) is 7.12. The number of nitriles is 1. The summed E-state index contributed by atoms with van der Waals surface area (Å²) < 4.78 is 0.668. The van der Waals surface area contributed by atoms with Crippen LogP contribution < -0.4 is 4.90 Å². The Morgan fingerprint density at radius 3 is 2.72 bits per heavy atom. The molecule has 0 unspecified atom stereocenters. The normalized spacial score (nSPS) is 10.2. The summed E-state index contributed by atoms with van der Waals surface area (Å²) in [6.07, 6.45) is 0.339. The molecule has 0 atom stereocenters. The van der Waals surface area contributed by atoms with Crippen LogP contribution in [0, 0.1) is 21.4 Å². The van der Waals surface area contributed by atoms with Crippen LogP contribution in [0.5, 0.6) is 0 Å². The van der Waals surface area contributed by atoms with E-state index < -0.39 is 4.92 Å². The second-order valence-electron chi connectivity index (χ2n) is 4.09. The second-order valence-corrected chi connectivity index (χ2v) is 5.00. The summed E-state index contributed by atoms with van der Waals surface area (Å²) in [5.41, 5.74) is 0.601. The van der Waals surface area contributed by atoms with Gasteiger partial charge >= 0.3 is 0 Å². The van der Waals surface area contributed by atoms with Crippen molar-refractivity contribution >= 4 is 27.3 Å². The highest BCUT2D eigenvalue weighted by atomic mass is 79.9. The Balaban J connectivity index is 3.19. The van der Waals surface area contributed by atoms with Crippen LogP contribution in [0.15, 0.2) is 22.7 Å². The zero-order valence-corrected chi connectivity index (χ0v) is 11.8. The number of halogens is 1. The number of anilines is 1. The first kappa shape index (κ1) is 14.5. The maximum atomic E-state index is 11.1. The maximum Gasteiger partial charge on any atom is 0.293 e. The quantitative estimate of drug-likeness (QED) is 0.616. The van der Waals surface area contributed by atoms with E-state index in [1.165, 1.54) is 6.07 Å². The number of nitro groups is 1. The van der Waals surface area contributed by atoms with Crippen molar-refractivity contribution in [3.8, 4) is 6.07 Å². The van der Waals surface area contributed by atoms with Gasteiger partial charge in [-0.2, -0.15) is 5.26 Å². The largest absolute Gasteiger partial charge is 0.363 e. The van der Waals surface area contributed by atoms with Crippen LogP contribution in [-0.4, -0.2) is 17.5 Å². The molecule has 0 bridgehead atoms. The molecule has 0 radical (unpaired) electrons. The molecule has 0 spiro atoms. The Kier molecular flexibility index (Phi) is 5.10. The third kappa shape index (κ3) is 3.44. The molecule has 96 valence electrons. The molecule has 0 aromatic heterocycles. The van der Waals surface area contributed by atoms with Crippen molar-refractivity contribution in [1.82, 2.24) is 0 Å². The summed E-state index contributed by atoms with van der Waals surface area (Å²) >= 11 is 3.23. The molecule has 18 heavy (non-hydrogen) atoms. The molecule has 1 aromatic carbocycles. The van der Waals surface area contributed by atoms with E-state index in [-0.39, 0.29) is 11.7 Å². The van der Waals surface area contributed by atoms with Crippen LogP contribution >= 0.6 is 15.9 Å². The van der Waals surface area contributed by atoms with E-state index in [1.807, 2.05) is 18.7 Å². The molecule has 0 aliphatic heterocycles. The van der Waals surface area contributed by atoms with Gasteiger partial charge in [0, 0.05) is 23.1 Å². The van der Waals surface area contributed by atoms with Gasteiger partial charge in [-0.1, -0.05) is 15.9 Å². The molecule has 0 aliphatic rings. The van der Waals surface area contributed by atoms with E-state index in [2.05, 4.69) is 22.0 Å². The predicted octanol–water partition coefficient (Wildman–Crippen LogP) is 3.49. The average molecular weight is 312 g/mol. The molecule has 6 heteroatoms. The second kappa shape index (κ2) is 6.36. The van der Waals surface area contributed by atoms with Crippen LogP contribution in [0.1, 0.15) is 20.3 Å². The first-order valence-electron chi connectivity index (χ1n) is 5.55. The van der Waals surface area contributed by atoms with Gasteiger partial charge < -0.3 is 4.90 Å². The molecule has 5 nitrogen and oxygen atoms in total. The molecular formula is C12H14BrN3O2. The van der Waals surface area contributed by atoms with Crippen LogP contribution in [0.4, 0.5) is 11.4 Å². The third-order valence-corrected chi connectivity index (χ3v) is 3.02. The molecule has 0 saturated heterocycles. The van der Waals surface area contributed by atoms with Crippen molar-refractivity contribution in [1.29, 1.82) is 5.26 Å². The summed E-state index contributed by atoms with van der Waals surface area (Å²) in [5, 5.41) is 19.7. The number of hydrogen-bond acceptors (Lipinski definition) is 4. The molecule has 0 N–H and O–H groups in total. The first-order chi connectivity index (χ1) is 8.47. The van der Waals surface area contributed by atoms with Crippen molar-refractivity contribution < 1.29 is 4.92 Å². The number of nitro benzene ring substituents is 1. The van der Waals surface area contributed by atoms with Crippen LogP contribution in [0.2, 0.25) is 0 Å². The van der Waals surface area contributed by atoms with Gasteiger partial charge in [-0.15, -0.1) is 0 Å². The summed E-state index contributed by atoms with van der Waals surface area (Å²) in [6.45, 7) is 4.38. The van der Waals surface area contributed by atoms with Crippen molar-refractivity contribution in [2.24, 2.45) is 0 Å². The fourth-order valence-corrected chi connectivity index (χ4v) is 2.06. The molecule has 0 aliphatic carbocycles. The minimum Gasteiger partial charge on any atom is -0.363 e. The summed E-state index contributed by atoms with van der Waals surface area (Å²) in [7, 11) is 0. The minimum absolute atomic E-state index is 0.0519. The lowest BCUT2D eigenvalue weighted by Crippen LogP contribution is -2.32. The van der Waals surface area contributed by atoms with Gasteiger partial charge in [0.25, 0.3) is 5.69 Å². The minimum atomic E-state index is -0.401. The molecule has 0 fully saturated rings. The average Bonchev–Trinajstić information content (AvgIpc) is 2.30. The SMILES string of the molecule is CC(C)N(CCC#N)c1ccc(Br)cc1[N+](=O)[O-]. The van der Waals surface area contributed by atoms with E-state index in [0.717, 1.165) is 0 Å². The first-order valence-corrected chi connectivity index (χ1v) is 6.34. The lowest BCUT2D eigenvalue weighted by atomic mass is 10.2. The maximum absolute atomic E-state index is 11.1. The Hall–Kier alpha value is -1.61. The predicted molar refractivity (Wildman–Crippen MR) is 73.5 cm³/mol. The molecular weight excluding hydrogens is 298 g/mol. The lowest BCUT2D eigenvalue weighted by molar-refractivity contribution is -0.384. The fraction of sp³-hybridized carbons (Fsp3) is 0.417. The standard InChI is InChI=1S/C12H14BrN3O2/c1-9(2)15(7-3-6-14)11-5-4-10(13)8-12(11)16(17)18/h4-5,8-9H,3,7H2,1-2H3. The highest BCUT2D eigenvalue weighted by Crippen LogP contribution is 2.32. The van der Waals surface area contributed by atoms with Gasteiger partial charge in [0.15, 0.2) is 0 Å². The van der Waals surface area contributed by atoms with Gasteiger partial charge in [0.2, 0.25) is 0 Å². The van der Waals surface area contributed by atoms with E-state index in [4.69, 9.17) is 5.26 Å². The van der Waals surface area contributed by atoms with Gasteiger partial charge in [-0.3, -0.25) is 10.1 Å². The van der Waals surface area contributed by atoms with Crippen molar-refractivity contribution in [2.75, 3.05) is 11.4 Å². The van der Waals surface area contributed by atoms with Crippen molar-refractivity contribution in [3.63, 3.8) is 0 Å². The van der Waals surface area contributed by atoms with Gasteiger partial charge in [0.1, 0.15) is 5.69 Å². The number of benzene rings is 1. The third-order valence-electron chi connectivity index (χ3n) is 2.53. The van der Waals surface area contributed by atoms with E-state index in [0.29, 0.717) is 23.1 Å². The Bertz CT molecular complexity index is 483. The lowest BCUT2D eigenvalue weighted by Gasteiger charge is -2.27. The van der Waals surface area contributed by atoms with E-state index in [9.17, 15) is 10.1 Å². The molecule has 0 amide bonds. The highest BCUT2D eigenvalue weighted by molar-refractivity contribution is 9.10. The topological polar surface area (TPSA) is 70.2 Å². The van der Waals surface area contributed by atoms with Gasteiger partial charge in [-0.05, 0) is 26.0 Å². The fourth-order valence-electron chi connectivity index (χ4n) is 1.71. The van der Waals surface area contributed by atoms with Crippen LogP contribution in [0.25, 0.3) is 0 Å². The monoisotopic (exact) mass is 311 g/mol.